The van der Waals surface area contributed by atoms with Gasteiger partial charge in [-0.1, -0.05) is 12.1 Å². The lowest BCUT2D eigenvalue weighted by atomic mass is 9.71. The summed E-state index contributed by atoms with van der Waals surface area (Å²) in [7, 11) is 0. The Kier molecular flexibility index (Phi) is 4.48. The van der Waals surface area contributed by atoms with Crippen LogP contribution in [-0.4, -0.2) is 5.11 Å². The smallest absolute Gasteiger partial charge is 0.122 e. The Bertz CT molecular complexity index is 1060. The van der Waals surface area contributed by atoms with E-state index in [1.165, 1.54) is 101 Å². The predicted octanol–water partition coefficient (Wildman–Crippen LogP) is 9.01. The third-order valence-corrected chi connectivity index (χ3v) is 15.7. The molecule has 0 heterocycles. The lowest BCUT2D eigenvalue weighted by Gasteiger charge is -2.34. The van der Waals surface area contributed by atoms with E-state index in [9.17, 15) is 5.11 Å². The topological polar surface area (TPSA) is 20.2 Å². The summed E-state index contributed by atoms with van der Waals surface area (Å²) in [5.74, 6) is 14.8. The normalized spacial score (nSPS) is 55.9. The van der Waals surface area contributed by atoms with Crippen molar-refractivity contribution in [3.63, 3.8) is 0 Å². The van der Waals surface area contributed by atoms with Gasteiger partial charge < -0.3 is 5.11 Å². The number of phenolic OH excluding ortho intramolecular Hbond substituents is 1. The Hall–Kier alpha value is -0.980. The lowest BCUT2D eigenvalue weighted by molar-refractivity contribution is 0.235. The minimum Gasteiger partial charge on any atom is -0.507 e. The van der Waals surface area contributed by atoms with Gasteiger partial charge in [-0.05, 0) is 202 Å². The summed E-state index contributed by atoms with van der Waals surface area (Å²) in [4.78, 5) is 0. The Balaban J connectivity index is 1.08. The van der Waals surface area contributed by atoms with Crippen molar-refractivity contribution in [2.24, 2.45) is 71.0 Å². The molecule has 0 spiro atoms. The van der Waals surface area contributed by atoms with E-state index >= 15 is 0 Å². The average Bonchev–Trinajstić information content (AvgIpc) is 3.73. The highest BCUT2D eigenvalue weighted by atomic mass is 16.3. The highest BCUT2D eigenvalue weighted by Gasteiger charge is 2.57. The highest BCUT2D eigenvalue weighted by molar-refractivity contribution is 5.50. The lowest BCUT2D eigenvalue weighted by Crippen LogP contribution is -2.24. The summed E-state index contributed by atoms with van der Waals surface area (Å²) < 4.78 is 0. The van der Waals surface area contributed by atoms with E-state index in [0.29, 0.717) is 11.8 Å². The van der Waals surface area contributed by atoms with Crippen LogP contribution in [0.25, 0.3) is 0 Å². The van der Waals surface area contributed by atoms with Crippen LogP contribution in [0.4, 0.5) is 0 Å². The molecule has 15 atom stereocenters. The number of hydrogen-bond donors (Lipinski definition) is 1. The van der Waals surface area contributed by atoms with Crippen LogP contribution in [0, 0.1) is 71.0 Å². The molecule has 9 aliphatic carbocycles. The Morgan fingerprint density at radius 2 is 0.811 bits per heavy atom. The second-order valence-corrected chi connectivity index (χ2v) is 16.3. The summed E-state index contributed by atoms with van der Waals surface area (Å²) in [6, 6.07) is 5.31. The van der Waals surface area contributed by atoms with Gasteiger partial charge >= 0.3 is 0 Å². The molecular weight excluding hydrogens is 448 g/mol. The minimum atomic E-state index is 0.661. The van der Waals surface area contributed by atoms with Crippen molar-refractivity contribution >= 4 is 0 Å². The Morgan fingerprint density at radius 1 is 0.432 bits per heavy atom. The first-order valence-electron chi connectivity index (χ1n) is 17.1. The molecule has 1 aromatic rings. The summed E-state index contributed by atoms with van der Waals surface area (Å²) in [6.07, 6.45) is 22.2. The molecule has 1 aromatic carbocycles. The molecule has 37 heavy (non-hydrogen) atoms. The van der Waals surface area contributed by atoms with E-state index in [1.54, 1.807) is 12.0 Å². The third-order valence-electron chi connectivity index (χ3n) is 15.7. The largest absolute Gasteiger partial charge is 0.507 e. The molecule has 9 aliphatic rings. The zero-order valence-electron chi connectivity index (χ0n) is 22.9. The molecule has 10 rings (SSSR count). The summed E-state index contributed by atoms with van der Waals surface area (Å²) in [5, 5.41) is 12.2. The molecule has 15 unspecified atom stereocenters. The predicted molar refractivity (Wildman–Crippen MR) is 147 cm³/mol. The van der Waals surface area contributed by atoms with Crippen molar-refractivity contribution < 1.29 is 5.11 Å². The second-order valence-electron chi connectivity index (χ2n) is 16.3. The van der Waals surface area contributed by atoms with Crippen LogP contribution in [-0.2, 0) is 0 Å². The molecule has 1 heteroatoms. The number of fused-ring (bicyclic) bond motifs is 15. The maximum Gasteiger partial charge on any atom is 0.122 e. The zero-order valence-corrected chi connectivity index (χ0v) is 22.9. The first-order chi connectivity index (χ1) is 18.2. The summed E-state index contributed by atoms with van der Waals surface area (Å²) in [6.45, 7) is 0. The van der Waals surface area contributed by atoms with E-state index in [-0.39, 0.29) is 0 Å². The third kappa shape index (κ3) is 2.79. The van der Waals surface area contributed by atoms with E-state index in [4.69, 9.17) is 0 Å². The van der Waals surface area contributed by atoms with Crippen LogP contribution < -0.4 is 0 Å². The molecule has 0 amide bonds. The standard InChI is InChI=1S/C36H48O/c37-36-31(29-11-9-26-19-2-5-22(14-19)34(26)29)16-24(28-8-7-25-18-1-4-21(13-18)33(25)28)17-32(36)30-12-10-27-20-3-6-23(15-20)35(27)30/h16-23,25-30,33-35,37H,1-15H2. The van der Waals surface area contributed by atoms with Gasteiger partial charge in [-0.3, -0.25) is 0 Å². The van der Waals surface area contributed by atoms with Gasteiger partial charge in [0.2, 0.25) is 0 Å². The first kappa shape index (κ1) is 21.8. The number of phenols is 1. The minimum absolute atomic E-state index is 0.661. The number of aromatic hydroxyl groups is 1. The van der Waals surface area contributed by atoms with Crippen molar-refractivity contribution in [1.29, 1.82) is 0 Å². The highest BCUT2D eigenvalue weighted by Crippen LogP contribution is 2.68. The van der Waals surface area contributed by atoms with Crippen molar-refractivity contribution in [2.45, 2.75) is 114 Å². The molecule has 6 bridgehead atoms. The number of rotatable bonds is 3. The monoisotopic (exact) mass is 496 g/mol. The van der Waals surface area contributed by atoms with Gasteiger partial charge in [-0.25, -0.2) is 0 Å². The average molecular weight is 497 g/mol. The summed E-state index contributed by atoms with van der Waals surface area (Å²) >= 11 is 0. The molecular formula is C36H48O. The van der Waals surface area contributed by atoms with Gasteiger partial charge in [0.1, 0.15) is 5.75 Å². The SMILES string of the molecule is Oc1c(C2CCC3C4CCC(C4)C23)cc(C2CCC3C4CCC(C4)C23)cc1C1CCC2C3CCC(C3)C12. The van der Waals surface area contributed by atoms with Crippen molar-refractivity contribution in [3.05, 3.63) is 28.8 Å². The molecule has 0 aliphatic heterocycles. The van der Waals surface area contributed by atoms with Crippen molar-refractivity contribution in [2.75, 3.05) is 0 Å². The van der Waals surface area contributed by atoms with E-state index in [0.717, 1.165) is 82.7 Å². The van der Waals surface area contributed by atoms with Gasteiger partial charge in [0, 0.05) is 0 Å². The van der Waals surface area contributed by atoms with Crippen LogP contribution >= 0.6 is 0 Å². The first-order valence-corrected chi connectivity index (χ1v) is 17.1. The van der Waals surface area contributed by atoms with Crippen LogP contribution in [0.5, 0.6) is 5.75 Å². The molecule has 9 fully saturated rings. The zero-order chi connectivity index (χ0) is 24.0. The molecule has 1 N–H and O–H groups in total. The second kappa shape index (κ2) is 7.60. The van der Waals surface area contributed by atoms with Crippen LogP contribution in [0.15, 0.2) is 12.1 Å². The van der Waals surface area contributed by atoms with Gasteiger partial charge in [-0.15, -0.1) is 0 Å². The Labute approximate surface area is 224 Å². The molecule has 0 radical (unpaired) electrons. The van der Waals surface area contributed by atoms with Crippen LogP contribution in [0.1, 0.15) is 131 Å². The number of hydrogen-bond acceptors (Lipinski definition) is 1. The molecule has 0 aromatic heterocycles. The molecule has 9 saturated carbocycles. The van der Waals surface area contributed by atoms with Crippen molar-refractivity contribution in [1.82, 2.24) is 0 Å². The van der Waals surface area contributed by atoms with E-state index in [1.807, 2.05) is 0 Å². The van der Waals surface area contributed by atoms with E-state index in [2.05, 4.69) is 12.1 Å². The van der Waals surface area contributed by atoms with Gasteiger partial charge in [0.25, 0.3) is 0 Å². The number of benzene rings is 1. The Morgan fingerprint density at radius 3 is 1.27 bits per heavy atom. The van der Waals surface area contributed by atoms with Crippen molar-refractivity contribution in [3.8, 4) is 5.75 Å². The fourth-order valence-electron chi connectivity index (χ4n) is 14.8. The van der Waals surface area contributed by atoms with Gasteiger partial charge in [0.15, 0.2) is 0 Å². The molecule has 0 saturated heterocycles. The molecule has 1 nitrogen and oxygen atoms in total. The molecule has 198 valence electrons. The van der Waals surface area contributed by atoms with Gasteiger partial charge in [0.05, 0.1) is 0 Å². The quantitative estimate of drug-likeness (QED) is 0.442. The maximum atomic E-state index is 12.2. The fraction of sp³-hybridized carbons (Fsp3) is 0.833. The van der Waals surface area contributed by atoms with Crippen LogP contribution in [0.3, 0.4) is 0 Å². The maximum absolute atomic E-state index is 12.2. The van der Waals surface area contributed by atoms with Gasteiger partial charge in [-0.2, -0.15) is 0 Å². The van der Waals surface area contributed by atoms with Crippen LogP contribution in [0.2, 0.25) is 0 Å². The fourth-order valence-corrected chi connectivity index (χ4v) is 14.8. The van der Waals surface area contributed by atoms with E-state index < -0.39 is 0 Å². The summed E-state index contributed by atoms with van der Waals surface area (Å²) in [5.41, 5.74) is 4.64.